The van der Waals surface area contributed by atoms with E-state index in [-0.39, 0.29) is 0 Å². The van der Waals surface area contributed by atoms with Crippen LogP contribution in [-0.4, -0.2) is 23.3 Å². The van der Waals surface area contributed by atoms with Crippen molar-refractivity contribution < 1.29 is 0 Å². The van der Waals surface area contributed by atoms with Gasteiger partial charge in [-0.3, -0.25) is 4.57 Å². The third-order valence-corrected chi connectivity index (χ3v) is 21.7. The Morgan fingerprint density at radius 3 is 1.53 bits per heavy atom. The number of rotatable bonds is 7. The molecular formula is C83H51N5S2. The fourth-order valence-electron chi connectivity index (χ4n) is 15.5. The van der Waals surface area contributed by atoms with Crippen LogP contribution in [0.4, 0.5) is 0 Å². The van der Waals surface area contributed by atoms with E-state index in [1.165, 1.54) is 162 Å². The average molecular weight is 1180 g/mol. The highest BCUT2D eigenvalue weighted by Crippen LogP contribution is 2.48. The van der Waals surface area contributed by atoms with E-state index in [0.29, 0.717) is 0 Å². The first-order chi connectivity index (χ1) is 44.7. The maximum absolute atomic E-state index is 5.13. The molecular weight excluding hydrogens is 1130 g/mol. The molecule has 420 valence electrons. The van der Waals surface area contributed by atoms with E-state index in [2.05, 4.69) is 297 Å². The van der Waals surface area contributed by atoms with Gasteiger partial charge in [-0.1, -0.05) is 182 Å². The molecule has 0 aliphatic heterocycles. The molecule has 0 unspecified atom stereocenters. The van der Waals surface area contributed by atoms with Crippen LogP contribution in [0.1, 0.15) is 17.7 Å². The fourth-order valence-corrected chi connectivity index (χ4v) is 17.9. The van der Waals surface area contributed by atoms with Crippen LogP contribution in [0, 0.1) is 0 Å². The first-order valence-electron chi connectivity index (χ1n) is 31.0. The Hall–Kier alpha value is -11.1. The minimum absolute atomic E-state index is 0.886. The molecule has 1 aliphatic rings. The van der Waals surface area contributed by atoms with E-state index in [9.17, 15) is 0 Å². The second-order valence-electron chi connectivity index (χ2n) is 24.0. The molecule has 0 amide bonds. The SMILES string of the molecule is C1=C(n2c3ccccc3c3c(-c4cccc5c4c4ccccc4n5-c4ccc5sc6c(-n7c8ccccc8c8ccccc87)nccc6c5c4)cccc32)CCc2c1c1ccccc1n2-c1cccc(-c2cccc(-c3cccc4c3sc3ccccc34)c2)c1. The zero-order valence-electron chi connectivity index (χ0n) is 48.6. The molecule has 5 nitrogen and oxygen atoms in total. The number of fused-ring (bicyclic) bond motifs is 18. The lowest BCUT2D eigenvalue weighted by Gasteiger charge is -2.20. The molecule has 19 aromatic rings. The number of thiophene rings is 2. The zero-order chi connectivity index (χ0) is 58.7. The Kier molecular flexibility index (Phi) is 10.7. The summed E-state index contributed by atoms with van der Waals surface area (Å²) in [6, 6.07) is 101. The van der Waals surface area contributed by atoms with Crippen molar-refractivity contribution >= 4 is 151 Å². The van der Waals surface area contributed by atoms with Crippen molar-refractivity contribution in [3.8, 4) is 50.6 Å². The average Bonchev–Trinajstić information content (AvgIpc) is 1.61. The molecule has 0 spiro atoms. The van der Waals surface area contributed by atoms with Crippen LogP contribution in [0.2, 0.25) is 0 Å². The second kappa shape index (κ2) is 19.2. The Morgan fingerprint density at radius 2 is 0.800 bits per heavy atom. The molecule has 1 aliphatic carbocycles. The minimum Gasteiger partial charge on any atom is -0.313 e. The predicted molar refractivity (Wildman–Crippen MR) is 384 cm³/mol. The summed E-state index contributed by atoms with van der Waals surface area (Å²) in [6.07, 6.45) is 6.27. The molecule has 0 bridgehead atoms. The maximum atomic E-state index is 5.13. The van der Waals surface area contributed by atoms with E-state index >= 15 is 0 Å². The number of aromatic nitrogens is 5. The molecule has 0 saturated heterocycles. The van der Waals surface area contributed by atoms with Crippen LogP contribution in [0.5, 0.6) is 0 Å². The number of pyridine rings is 1. The molecule has 90 heavy (non-hydrogen) atoms. The number of para-hydroxylation sites is 5. The van der Waals surface area contributed by atoms with Gasteiger partial charge < -0.3 is 13.7 Å². The Balaban J connectivity index is 0.704. The van der Waals surface area contributed by atoms with Crippen molar-refractivity contribution in [1.82, 2.24) is 23.3 Å². The van der Waals surface area contributed by atoms with Crippen molar-refractivity contribution in [3.05, 3.63) is 290 Å². The number of benzene rings is 12. The topological polar surface area (TPSA) is 32.6 Å². The molecule has 20 rings (SSSR count). The summed E-state index contributed by atoms with van der Waals surface area (Å²) >= 11 is 3.72. The van der Waals surface area contributed by atoms with Crippen LogP contribution in [-0.2, 0) is 6.42 Å². The fraction of sp³-hybridized carbons (Fsp3) is 0.0241. The van der Waals surface area contributed by atoms with Gasteiger partial charge in [-0.05, 0) is 143 Å². The van der Waals surface area contributed by atoms with E-state index < -0.39 is 0 Å². The Bertz CT molecular complexity index is 6260. The predicted octanol–water partition coefficient (Wildman–Crippen LogP) is 23.0. The van der Waals surface area contributed by atoms with Crippen molar-refractivity contribution in [2.45, 2.75) is 12.8 Å². The molecule has 7 heterocycles. The summed E-state index contributed by atoms with van der Waals surface area (Å²) in [5.41, 5.74) is 22.0. The van der Waals surface area contributed by atoms with Crippen LogP contribution in [0.15, 0.2) is 279 Å². The van der Waals surface area contributed by atoms with Crippen molar-refractivity contribution in [3.63, 3.8) is 0 Å². The molecule has 0 radical (unpaired) electrons. The molecule has 0 saturated carbocycles. The number of hydrogen-bond donors (Lipinski definition) is 0. The van der Waals surface area contributed by atoms with E-state index in [1.807, 2.05) is 28.9 Å². The van der Waals surface area contributed by atoms with Crippen LogP contribution >= 0.6 is 22.7 Å². The van der Waals surface area contributed by atoms with Crippen LogP contribution in [0.25, 0.3) is 179 Å². The van der Waals surface area contributed by atoms with Gasteiger partial charge in [-0.2, -0.15) is 0 Å². The van der Waals surface area contributed by atoms with Crippen molar-refractivity contribution in [2.24, 2.45) is 0 Å². The maximum Gasteiger partial charge on any atom is 0.155 e. The zero-order valence-corrected chi connectivity index (χ0v) is 50.2. The first-order valence-corrected chi connectivity index (χ1v) is 32.6. The summed E-state index contributed by atoms with van der Waals surface area (Å²) in [7, 11) is 0. The standard InChI is InChI=1S/C83H51N5S2/c1-8-33-70-57(22-1)58-23-2-9-34-71(58)88(70)83-82-64(44-45-84-83)68-49-55(41-43-78(68)90-82)87-73-36-11-5-27-66(73)80-62(30-17-38-76(80)87)61-29-16-37-75-79(61)65-26-4-10-35-72(65)86(75)54-40-42-74-67(48-54)59-24-3-7-32-69(59)85(74)53-21-14-19-51(47-53)50-18-13-20-52(46-50)56-28-15-31-63-60-25-6-12-39-77(60)89-81(56)63/h1-39,41,43-49H,40,42H2. The molecule has 0 fully saturated rings. The number of allylic oxidation sites excluding steroid dienone is 1. The van der Waals surface area contributed by atoms with Gasteiger partial charge in [0.2, 0.25) is 0 Å². The molecule has 7 aromatic heterocycles. The monoisotopic (exact) mass is 1180 g/mol. The molecule has 0 atom stereocenters. The lowest BCUT2D eigenvalue weighted by Crippen LogP contribution is -2.08. The highest BCUT2D eigenvalue weighted by molar-refractivity contribution is 7.26. The minimum atomic E-state index is 0.886. The van der Waals surface area contributed by atoms with Crippen molar-refractivity contribution in [1.29, 1.82) is 0 Å². The van der Waals surface area contributed by atoms with Gasteiger partial charge in [0.1, 0.15) is 0 Å². The van der Waals surface area contributed by atoms with Gasteiger partial charge in [0.15, 0.2) is 5.82 Å². The third kappa shape index (κ3) is 7.15. The van der Waals surface area contributed by atoms with Gasteiger partial charge in [0.05, 0.1) is 43.3 Å². The summed E-state index contributed by atoms with van der Waals surface area (Å²) in [5.74, 6) is 0.968. The lowest BCUT2D eigenvalue weighted by molar-refractivity contribution is 0.873. The van der Waals surface area contributed by atoms with Crippen LogP contribution < -0.4 is 0 Å². The molecule has 0 N–H and O–H groups in total. The summed E-state index contributed by atoms with van der Waals surface area (Å²) < 4.78 is 15.0. The normalized spacial score (nSPS) is 12.9. The number of hydrogen-bond acceptors (Lipinski definition) is 3. The molecule has 12 aromatic carbocycles. The second-order valence-corrected chi connectivity index (χ2v) is 26.1. The Morgan fingerprint density at radius 1 is 0.300 bits per heavy atom. The third-order valence-electron chi connectivity index (χ3n) is 19.3. The first kappa shape index (κ1) is 50.0. The van der Waals surface area contributed by atoms with Gasteiger partial charge in [-0.25, -0.2) is 4.98 Å². The van der Waals surface area contributed by atoms with Crippen LogP contribution in [0.3, 0.4) is 0 Å². The highest BCUT2D eigenvalue weighted by Gasteiger charge is 2.27. The lowest BCUT2D eigenvalue weighted by atomic mass is 9.95. The van der Waals surface area contributed by atoms with E-state index in [4.69, 9.17) is 4.98 Å². The summed E-state index contributed by atoms with van der Waals surface area (Å²) in [5, 5.41) is 13.8. The van der Waals surface area contributed by atoms with Gasteiger partial charge in [-0.15, -0.1) is 22.7 Å². The largest absolute Gasteiger partial charge is 0.313 e. The smallest absolute Gasteiger partial charge is 0.155 e. The Labute approximate surface area is 524 Å². The van der Waals surface area contributed by atoms with Gasteiger partial charge >= 0.3 is 0 Å². The van der Waals surface area contributed by atoms with E-state index in [1.54, 1.807) is 0 Å². The quantitative estimate of drug-likeness (QED) is 0.157. The van der Waals surface area contributed by atoms with Gasteiger partial charge in [0, 0.05) is 108 Å². The van der Waals surface area contributed by atoms with Gasteiger partial charge in [0.25, 0.3) is 0 Å². The molecule has 7 heteroatoms. The van der Waals surface area contributed by atoms with Crippen molar-refractivity contribution in [2.75, 3.05) is 0 Å². The highest BCUT2D eigenvalue weighted by atomic mass is 32.1. The summed E-state index contributed by atoms with van der Waals surface area (Å²) in [4.78, 5) is 5.13. The van der Waals surface area contributed by atoms with E-state index in [0.717, 1.165) is 35.4 Å². The summed E-state index contributed by atoms with van der Waals surface area (Å²) in [6.45, 7) is 0. The number of nitrogens with zero attached hydrogens (tertiary/aromatic N) is 5.